The van der Waals surface area contributed by atoms with Gasteiger partial charge in [0.15, 0.2) is 0 Å². The first-order chi connectivity index (χ1) is 14.5. The molecule has 0 aliphatic heterocycles. The topological polar surface area (TPSA) is 45.6 Å². The Balaban J connectivity index is 1.55. The Morgan fingerprint density at radius 2 is 1.67 bits per heavy atom. The maximum Gasteiger partial charge on any atom is 0.257 e. The number of halogens is 1. The number of aryl methyl sites for hydroxylation is 1. The smallest absolute Gasteiger partial charge is 0.257 e. The van der Waals surface area contributed by atoms with Crippen LogP contribution in [0.5, 0.6) is 0 Å². The lowest BCUT2D eigenvalue weighted by Gasteiger charge is -2.35. The molecule has 160 valence electrons. The van der Waals surface area contributed by atoms with Gasteiger partial charge in [-0.2, -0.15) is 0 Å². The van der Waals surface area contributed by atoms with E-state index in [1.54, 1.807) is 17.0 Å². The van der Waals surface area contributed by atoms with E-state index in [1.807, 2.05) is 34.8 Å². The van der Waals surface area contributed by atoms with Crippen molar-refractivity contribution in [3.63, 3.8) is 0 Å². The van der Waals surface area contributed by atoms with Gasteiger partial charge in [0.1, 0.15) is 12.4 Å². The van der Waals surface area contributed by atoms with Gasteiger partial charge in [0.05, 0.1) is 12.1 Å². The van der Waals surface area contributed by atoms with Crippen LogP contribution in [0.4, 0.5) is 4.39 Å². The molecule has 2 aliphatic carbocycles. The molecule has 0 saturated heterocycles. The van der Waals surface area contributed by atoms with Crippen LogP contribution in [0.15, 0.2) is 42.6 Å². The normalized spacial score (nSPS) is 17.0. The highest BCUT2D eigenvalue weighted by Gasteiger charge is 2.36. The van der Waals surface area contributed by atoms with E-state index in [4.69, 9.17) is 0 Å². The number of hydrogen-bond acceptors (Lipinski definition) is 2. The van der Waals surface area contributed by atoms with Gasteiger partial charge >= 0.3 is 0 Å². The summed E-state index contributed by atoms with van der Waals surface area (Å²) in [6.07, 6.45) is 8.94. The van der Waals surface area contributed by atoms with Gasteiger partial charge in [-0.1, -0.05) is 31.4 Å². The lowest BCUT2D eigenvalue weighted by molar-refractivity contribution is -0.133. The molecule has 1 heterocycles. The predicted molar refractivity (Wildman–Crippen MR) is 113 cm³/mol. The van der Waals surface area contributed by atoms with E-state index in [1.165, 1.54) is 12.1 Å². The first-order valence-corrected chi connectivity index (χ1v) is 11.0. The van der Waals surface area contributed by atoms with Gasteiger partial charge in [-0.3, -0.25) is 9.59 Å². The third-order valence-electron chi connectivity index (χ3n) is 6.38. The average Bonchev–Trinajstić information content (AvgIpc) is 3.52. The van der Waals surface area contributed by atoms with E-state index >= 15 is 0 Å². The predicted octanol–water partition coefficient (Wildman–Crippen LogP) is 4.13. The number of benzene rings is 1. The molecule has 0 radical (unpaired) electrons. The molecule has 0 bridgehead atoms. The maximum absolute atomic E-state index is 14.4. The minimum Gasteiger partial charge on any atom is -0.353 e. The minimum absolute atomic E-state index is 0.00843. The summed E-state index contributed by atoms with van der Waals surface area (Å²) >= 11 is 0. The summed E-state index contributed by atoms with van der Waals surface area (Å²) in [6.45, 7) is 0.554. The van der Waals surface area contributed by atoms with Crippen molar-refractivity contribution in [3.05, 3.63) is 59.7 Å². The molecule has 2 amide bonds. The Morgan fingerprint density at radius 1 is 0.967 bits per heavy atom. The summed E-state index contributed by atoms with van der Waals surface area (Å²) < 4.78 is 16.4. The van der Waals surface area contributed by atoms with Gasteiger partial charge < -0.3 is 14.4 Å². The quantitative estimate of drug-likeness (QED) is 0.688. The summed E-state index contributed by atoms with van der Waals surface area (Å²) in [7, 11) is 1.97. The van der Waals surface area contributed by atoms with Crippen LogP contribution >= 0.6 is 0 Å². The van der Waals surface area contributed by atoms with Crippen molar-refractivity contribution in [2.75, 3.05) is 6.54 Å². The second-order valence-electron chi connectivity index (χ2n) is 8.57. The molecule has 2 fully saturated rings. The summed E-state index contributed by atoms with van der Waals surface area (Å²) in [5, 5.41) is 0. The van der Waals surface area contributed by atoms with Crippen molar-refractivity contribution in [1.29, 1.82) is 0 Å². The van der Waals surface area contributed by atoms with Gasteiger partial charge in [-0.05, 0) is 49.9 Å². The molecule has 6 heteroatoms. The molecule has 0 unspecified atom stereocenters. The first kappa shape index (κ1) is 20.6. The van der Waals surface area contributed by atoms with Crippen molar-refractivity contribution in [3.8, 4) is 0 Å². The molecule has 1 aromatic carbocycles. The van der Waals surface area contributed by atoms with Crippen molar-refractivity contribution >= 4 is 11.8 Å². The van der Waals surface area contributed by atoms with Gasteiger partial charge in [-0.25, -0.2) is 4.39 Å². The molecule has 1 aromatic heterocycles. The molecule has 5 nitrogen and oxygen atoms in total. The third-order valence-corrected chi connectivity index (χ3v) is 6.38. The molecular formula is C24H30FN3O2. The molecule has 0 spiro atoms. The fourth-order valence-corrected chi connectivity index (χ4v) is 4.43. The van der Waals surface area contributed by atoms with E-state index in [2.05, 4.69) is 0 Å². The average molecular weight is 412 g/mol. The summed E-state index contributed by atoms with van der Waals surface area (Å²) in [5.41, 5.74) is 1.12. The Bertz CT molecular complexity index is 899. The molecule has 4 rings (SSSR count). The summed E-state index contributed by atoms with van der Waals surface area (Å²) in [4.78, 5) is 30.2. The van der Waals surface area contributed by atoms with Crippen LogP contribution in [0.3, 0.4) is 0 Å². The number of carbonyl (C=O) groups excluding carboxylic acids is 2. The van der Waals surface area contributed by atoms with E-state index in [0.717, 1.165) is 50.6 Å². The second-order valence-corrected chi connectivity index (χ2v) is 8.57. The minimum atomic E-state index is -0.529. The molecule has 30 heavy (non-hydrogen) atoms. The fraction of sp³-hybridized carbons (Fsp3) is 0.500. The molecule has 2 saturated carbocycles. The van der Waals surface area contributed by atoms with E-state index in [9.17, 15) is 14.0 Å². The van der Waals surface area contributed by atoms with Gasteiger partial charge in [0, 0.05) is 31.0 Å². The number of carbonyl (C=O) groups is 2. The van der Waals surface area contributed by atoms with E-state index < -0.39 is 5.82 Å². The molecule has 0 N–H and O–H groups in total. The van der Waals surface area contributed by atoms with Crippen LogP contribution in [0, 0.1) is 5.82 Å². The van der Waals surface area contributed by atoms with Crippen molar-refractivity contribution in [2.24, 2.45) is 7.05 Å². The molecule has 2 aromatic rings. The fourth-order valence-electron chi connectivity index (χ4n) is 4.43. The SMILES string of the molecule is Cn1cccc1CN(C(=O)CN(C(=O)c1ccccc1F)C1CCCCC1)C1CC1. The molecule has 2 aliphatic rings. The van der Waals surface area contributed by atoms with E-state index in [0.29, 0.717) is 6.54 Å². The van der Waals surface area contributed by atoms with Crippen LogP contribution in [0.25, 0.3) is 0 Å². The molecular weight excluding hydrogens is 381 g/mol. The third kappa shape index (κ3) is 4.58. The monoisotopic (exact) mass is 411 g/mol. The lowest BCUT2D eigenvalue weighted by atomic mass is 9.93. The highest BCUT2D eigenvalue weighted by atomic mass is 19.1. The van der Waals surface area contributed by atoms with Crippen molar-refractivity contribution in [2.45, 2.75) is 63.6 Å². The van der Waals surface area contributed by atoms with Crippen LogP contribution in [0.2, 0.25) is 0 Å². The Hall–Kier alpha value is -2.63. The number of aromatic nitrogens is 1. The van der Waals surface area contributed by atoms with Gasteiger partial charge in [0.2, 0.25) is 5.91 Å². The number of nitrogens with zero attached hydrogens (tertiary/aromatic N) is 3. The Labute approximate surface area is 177 Å². The first-order valence-electron chi connectivity index (χ1n) is 11.0. The zero-order valence-electron chi connectivity index (χ0n) is 17.6. The standard InChI is InChI=1S/C24H30FN3O2/c1-26-15-7-10-20(26)16-27(19-13-14-19)23(29)17-28(18-8-3-2-4-9-18)24(30)21-11-5-6-12-22(21)25/h5-7,10-12,15,18-19H,2-4,8-9,13-14,16-17H2,1H3. The second kappa shape index (κ2) is 9.02. The largest absolute Gasteiger partial charge is 0.353 e. The van der Waals surface area contributed by atoms with Crippen LogP contribution in [-0.4, -0.2) is 44.8 Å². The lowest BCUT2D eigenvalue weighted by Crippen LogP contribution is -2.48. The highest BCUT2D eigenvalue weighted by Crippen LogP contribution is 2.30. The van der Waals surface area contributed by atoms with Crippen molar-refractivity contribution in [1.82, 2.24) is 14.4 Å². The number of hydrogen-bond donors (Lipinski definition) is 0. The Kier molecular flexibility index (Phi) is 6.21. The maximum atomic E-state index is 14.4. The summed E-state index contributed by atoms with van der Waals surface area (Å²) in [6, 6.07) is 10.3. The zero-order valence-corrected chi connectivity index (χ0v) is 17.6. The van der Waals surface area contributed by atoms with Gasteiger partial charge in [0.25, 0.3) is 5.91 Å². The van der Waals surface area contributed by atoms with Crippen LogP contribution < -0.4 is 0 Å². The summed E-state index contributed by atoms with van der Waals surface area (Å²) in [5.74, 6) is -0.949. The number of rotatable bonds is 7. The van der Waals surface area contributed by atoms with Crippen LogP contribution in [0.1, 0.15) is 61.0 Å². The van der Waals surface area contributed by atoms with Crippen LogP contribution in [-0.2, 0) is 18.4 Å². The van der Waals surface area contributed by atoms with Crippen molar-refractivity contribution < 1.29 is 14.0 Å². The Morgan fingerprint density at radius 3 is 2.30 bits per heavy atom. The zero-order chi connectivity index (χ0) is 21.1. The molecule has 0 atom stereocenters. The van der Waals surface area contributed by atoms with E-state index in [-0.39, 0.29) is 36.0 Å². The van der Waals surface area contributed by atoms with Gasteiger partial charge in [-0.15, -0.1) is 0 Å². The highest BCUT2D eigenvalue weighted by molar-refractivity contribution is 5.97. The number of amides is 2.